The van der Waals surface area contributed by atoms with Crippen LogP contribution >= 0.6 is 11.5 Å². The Morgan fingerprint density at radius 2 is 1.74 bits per heavy atom. The highest BCUT2D eigenvalue weighted by Crippen LogP contribution is 2.37. The van der Waals surface area contributed by atoms with Gasteiger partial charge < -0.3 is 5.32 Å². The minimum Gasteiger partial charge on any atom is -0.388 e. The van der Waals surface area contributed by atoms with Crippen molar-refractivity contribution in [3.63, 3.8) is 0 Å². The molecule has 0 atom stereocenters. The molecule has 2 nitrogen and oxygen atoms in total. The summed E-state index contributed by atoms with van der Waals surface area (Å²) in [6.45, 7) is 4.24. The van der Waals surface area contributed by atoms with Gasteiger partial charge in [0.15, 0.2) is 0 Å². The molecule has 0 saturated carbocycles. The Hall–Kier alpha value is -1.87. The Morgan fingerprint density at radius 3 is 2.53 bits per heavy atom. The molecule has 3 heteroatoms. The number of anilines is 1. The van der Waals surface area contributed by atoms with Gasteiger partial charge in [0, 0.05) is 23.7 Å². The monoisotopic (exact) mass is 268 g/mol. The van der Waals surface area contributed by atoms with Gasteiger partial charge in [0.2, 0.25) is 0 Å². The maximum Gasteiger partial charge on any atom is 0.0847 e. The molecule has 0 saturated heterocycles. The van der Waals surface area contributed by atoms with Crippen molar-refractivity contribution in [3.8, 4) is 10.4 Å². The number of hydrogen-bond donors (Lipinski definition) is 1. The van der Waals surface area contributed by atoms with E-state index in [9.17, 15) is 0 Å². The average molecular weight is 268 g/mol. The third-order valence-corrected chi connectivity index (χ3v) is 4.23. The number of benzene rings is 2. The van der Waals surface area contributed by atoms with Gasteiger partial charge in [0.1, 0.15) is 0 Å². The first-order chi connectivity index (χ1) is 9.19. The summed E-state index contributed by atoms with van der Waals surface area (Å²) in [6, 6.07) is 12.9. The number of aromatic nitrogens is 1. The lowest BCUT2D eigenvalue weighted by Crippen LogP contribution is -1.91. The Bertz CT molecular complexity index is 744. The van der Waals surface area contributed by atoms with Crippen molar-refractivity contribution in [1.29, 1.82) is 0 Å². The van der Waals surface area contributed by atoms with Crippen molar-refractivity contribution < 1.29 is 0 Å². The molecular weight excluding hydrogens is 252 g/mol. The predicted octanol–water partition coefficient (Wildman–Crippen LogP) is 4.62. The summed E-state index contributed by atoms with van der Waals surface area (Å²) in [5.41, 5.74) is 6.00. The highest BCUT2D eigenvalue weighted by Gasteiger charge is 2.12. The molecular formula is C16H16N2S. The SMILES string of the molecule is CNc1ccc(C)cc1-c1snc2ccc(C)cc12. The molecule has 0 amide bonds. The van der Waals surface area contributed by atoms with Crippen LogP contribution in [0.1, 0.15) is 11.1 Å². The van der Waals surface area contributed by atoms with Crippen molar-refractivity contribution in [1.82, 2.24) is 4.37 Å². The van der Waals surface area contributed by atoms with Crippen LogP contribution < -0.4 is 5.32 Å². The van der Waals surface area contributed by atoms with Gasteiger partial charge in [-0.1, -0.05) is 23.3 Å². The first kappa shape index (κ1) is 12.2. The zero-order valence-corrected chi connectivity index (χ0v) is 12.1. The van der Waals surface area contributed by atoms with Gasteiger partial charge in [-0.05, 0) is 49.6 Å². The Balaban J connectivity index is 2.29. The Morgan fingerprint density at radius 1 is 1.00 bits per heavy atom. The average Bonchev–Trinajstić information content (AvgIpc) is 2.81. The first-order valence-electron chi connectivity index (χ1n) is 6.34. The van der Waals surface area contributed by atoms with Crippen molar-refractivity contribution in [2.75, 3.05) is 12.4 Å². The molecule has 0 aliphatic carbocycles. The first-order valence-corrected chi connectivity index (χ1v) is 7.11. The molecule has 1 aromatic heterocycles. The largest absolute Gasteiger partial charge is 0.388 e. The number of nitrogens with one attached hydrogen (secondary N) is 1. The second-order valence-electron chi connectivity index (χ2n) is 4.83. The molecule has 1 heterocycles. The van der Waals surface area contributed by atoms with E-state index in [1.807, 2.05) is 7.05 Å². The zero-order valence-electron chi connectivity index (χ0n) is 11.3. The van der Waals surface area contributed by atoms with Crippen molar-refractivity contribution in [3.05, 3.63) is 47.5 Å². The van der Waals surface area contributed by atoms with Crippen LogP contribution in [-0.2, 0) is 0 Å². The quantitative estimate of drug-likeness (QED) is 0.733. The summed E-state index contributed by atoms with van der Waals surface area (Å²) >= 11 is 1.57. The van der Waals surface area contributed by atoms with Crippen LogP contribution in [0.5, 0.6) is 0 Å². The summed E-state index contributed by atoms with van der Waals surface area (Å²) in [6.07, 6.45) is 0. The van der Waals surface area contributed by atoms with Crippen LogP contribution in [0, 0.1) is 13.8 Å². The number of rotatable bonds is 2. The third kappa shape index (κ3) is 2.10. The molecule has 96 valence electrons. The molecule has 3 aromatic rings. The van der Waals surface area contributed by atoms with Gasteiger partial charge in [0.25, 0.3) is 0 Å². The van der Waals surface area contributed by atoms with Crippen molar-refractivity contribution in [2.45, 2.75) is 13.8 Å². The summed E-state index contributed by atoms with van der Waals surface area (Å²) < 4.78 is 4.56. The predicted molar refractivity (Wildman–Crippen MR) is 84.1 cm³/mol. The maximum atomic E-state index is 4.56. The van der Waals surface area contributed by atoms with Gasteiger partial charge in [0.05, 0.1) is 10.4 Å². The van der Waals surface area contributed by atoms with E-state index in [0.29, 0.717) is 0 Å². The van der Waals surface area contributed by atoms with E-state index in [0.717, 1.165) is 11.2 Å². The Kier molecular flexibility index (Phi) is 2.99. The van der Waals surface area contributed by atoms with Crippen LogP contribution in [0.2, 0.25) is 0 Å². The standard InChI is InChI=1S/C16H16N2S/c1-10-4-6-14(17-3)12(8-10)16-13-9-11(2)5-7-15(13)18-19-16/h4-9,17H,1-3H3. The van der Waals surface area contributed by atoms with Crippen LogP contribution in [0.25, 0.3) is 21.3 Å². The van der Waals surface area contributed by atoms with E-state index >= 15 is 0 Å². The number of nitrogens with zero attached hydrogens (tertiary/aromatic N) is 1. The molecule has 0 spiro atoms. The van der Waals surface area contributed by atoms with E-state index in [1.165, 1.54) is 27.0 Å². The molecule has 0 bridgehead atoms. The van der Waals surface area contributed by atoms with Gasteiger partial charge in [-0.2, -0.15) is 4.37 Å². The van der Waals surface area contributed by atoms with Gasteiger partial charge in [-0.15, -0.1) is 0 Å². The smallest absolute Gasteiger partial charge is 0.0847 e. The van der Waals surface area contributed by atoms with Crippen LogP contribution in [0.3, 0.4) is 0 Å². The molecule has 1 N–H and O–H groups in total. The molecule has 19 heavy (non-hydrogen) atoms. The molecule has 0 aliphatic heterocycles. The number of hydrogen-bond acceptors (Lipinski definition) is 3. The van der Waals surface area contributed by atoms with Crippen molar-refractivity contribution in [2.24, 2.45) is 0 Å². The maximum absolute atomic E-state index is 4.56. The molecule has 0 aliphatic rings. The second-order valence-corrected chi connectivity index (χ2v) is 5.60. The zero-order chi connectivity index (χ0) is 13.4. The lowest BCUT2D eigenvalue weighted by molar-refractivity contribution is 1.44. The molecule has 0 unspecified atom stereocenters. The highest BCUT2D eigenvalue weighted by molar-refractivity contribution is 7.11. The van der Waals surface area contributed by atoms with E-state index in [-0.39, 0.29) is 0 Å². The van der Waals surface area contributed by atoms with Crippen LogP contribution in [0.4, 0.5) is 5.69 Å². The fourth-order valence-electron chi connectivity index (χ4n) is 2.31. The molecule has 0 radical (unpaired) electrons. The second kappa shape index (κ2) is 4.67. The van der Waals surface area contributed by atoms with Crippen LogP contribution in [0.15, 0.2) is 36.4 Å². The molecule has 0 fully saturated rings. The normalized spacial score (nSPS) is 10.9. The lowest BCUT2D eigenvalue weighted by atomic mass is 10.0. The van der Waals surface area contributed by atoms with E-state index in [2.05, 4.69) is 59.9 Å². The van der Waals surface area contributed by atoms with E-state index in [4.69, 9.17) is 0 Å². The van der Waals surface area contributed by atoms with E-state index < -0.39 is 0 Å². The fraction of sp³-hybridized carbons (Fsp3) is 0.188. The lowest BCUT2D eigenvalue weighted by Gasteiger charge is -2.09. The molecule has 3 rings (SSSR count). The summed E-state index contributed by atoms with van der Waals surface area (Å²) in [7, 11) is 1.96. The van der Waals surface area contributed by atoms with E-state index in [1.54, 1.807) is 11.5 Å². The summed E-state index contributed by atoms with van der Waals surface area (Å²) in [4.78, 5) is 1.24. The van der Waals surface area contributed by atoms with Crippen LogP contribution in [-0.4, -0.2) is 11.4 Å². The highest BCUT2D eigenvalue weighted by atomic mass is 32.1. The minimum absolute atomic E-state index is 1.08. The molecule has 2 aromatic carbocycles. The fourth-order valence-corrected chi connectivity index (χ4v) is 3.19. The topological polar surface area (TPSA) is 24.9 Å². The number of fused-ring (bicyclic) bond motifs is 1. The van der Waals surface area contributed by atoms with Gasteiger partial charge >= 0.3 is 0 Å². The van der Waals surface area contributed by atoms with Gasteiger partial charge in [-0.25, -0.2) is 0 Å². The van der Waals surface area contributed by atoms with Gasteiger partial charge in [-0.3, -0.25) is 0 Å². The van der Waals surface area contributed by atoms with Crippen molar-refractivity contribution >= 4 is 28.1 Å². The summed E-state index contributed by atoms with van der Waals surface area (Å²) in [5, 5.41) is 4.51. The Labute approximate surface area is 117 Å². The number of aryl methyl sites for hydroxylation is 2. The summed E-state index contributed by atoms with van der Waals surface area (Å²) in [5.74, 6) is 0. The third-order valence-electron chi connectivity index (χ3n) is 3.32. The minimum atomic E-state index is 1.08.